The minimum Gasteiger partial charge on any atom is -0.497 e. The van der Waals surface area contributed by atoms with Crippen molar-refractivity contribution in [2.75, 3.05) is 19.0 Å². The normalized spacial score (nSPS) is 18.1. The van der Waals surface area contributed by atoms with Crippen LogP contribution in [0, 0.1) is 11.3 Å². The van der Waals surface area contributed by atoms with E-state index in [1.807, 2.05) is 32.9 Å². The number of amides is 1. The Morgan fingerprint density at radius 1 is 1.18 bits per heavy atom. The van der Waals surface area contributed by atoms with E-state index in [4.69, 9.17) is 9.47 Å². The Kier molecular flexibility index (Phi) is 8.52. The highest BCUT2D eigenvalue weighted by Gasteiger charge is 2.29. The number of thioether (sulfide) groups is 1. The molecule has 1 heterocycles. The van der Waals surface area contributed by atoms with Crippen LogP contribution in [-0.2, 0) is 21.7 Å². The van der Waals surface area contributed by atoms with E-state index in [2.05, 4.69) is 49.5 Å². The molecule has 5 heteroatoms. The van der Waals surface area contributed by atoms with Gasteiger partial charge < -0.3 is 14.8 Å². The van der Waals surface area contributed by atoms with Crippen LogP contribution in [0.4, 0.5) is 5.69 Å². The van der Waals surface area contributed by atoms with Gasteiger partial charge in [0, 0.05) is 28.4 Å². The van der Waals surface area contributed by atoms with E-state index in [9.17, 15) is 4.79 Å². The summed E-state index contributed by atoms with van der Waals surface area (Å²) in [6, 6.07) is 14.7. The number of methoxy groups -OCH3 is 1. The number of ether oxygens (including phenoxy) is 2. The maximum absolute atomic E-state index is 12.8. The lowest BCUT2D eigenvalue weighted by Gasteiger charge is -2.35. The maximum Gasteiger partial charge on any atom is 0.229 e. The molecule has 1 N–H and O–H groups in total. The van der Waals surface area contributed by atoms with Gasteiger partial charge in [-0.3, -0.25) is 4.79 Å². The Morgan fingerprint density at radius 2 is 1.91 bits per heavy atom. The molecule has 0 aromatic heterocycles. The molecule has 1 unspecified atom stereocenters. The molecule has 0 radical (unpaired) electrons. The van der Waals surface area contributed by atoms with Crippen LogP contribution < -0.4 is 10.1 Å². The largest absolute Gasteiger partial charge is 0.497 e. The molecule has 1 atom stereocenters. The summed E-state index contributed by atoms with van der Waals surface area (Å²) in [5.74, 6) is 2.44. The van der Waals surface area contributed by atoms with Crippen molar-refractivity contribution in [1.82, 2.24) is 0 Å². The number of hydrogen-bond acceptors (Lipinski definition) is 4. The monoisotopic (exact) mass is 469 g/mol. The van der Waals surface area contributed by atoms with Gasteiger partial charge in [0.25, 0.3) is 0 Å². The van der Waals surface area contributed by atoms with Gasteiger partial charge in [0.15, 0.2) is 0 Å². The predicted octanol–water partition coefficient (Wildman–Crippen LogP) is 7.11. The molecule has 1 aliphatic rings. The summed E-state index contributed by atoms with van der Waals surface area (Å²) < 4.78 is 11.1. The summed E-state index contributed by atoms with van der Waals surface area (Å²) in [5, 5.41) is 3.21. The van der Waals surface area contributed by atoms with Crippen LogP contribution >= 0.6 is 11.8 Å². The van der Waals surface area contributed by atoms with Crippen molar-refractivity contribution in [3.05, 3.63) is 53.6 Å². The minimum atomic E-state index is -0.436. The van der Waals surface area contributed by atoms with Crippen molar-refractivity contribution in [2.24, 2.45) is 11.3 Å². The van der Waals surface area contributed by atoms with Gasteiger partial charge in [0.05, 0.1) is 12.7 Å². The van der Waals surface area contributed by atoms with E-state index >= 15 is 0 Å². The molecule has 2 aromatic carbocycles. The Hall–Kier alpha value is -1.98. The van der Waals surface area contributed by atoms with Crippen molar-refractivity contribution in [3.8, 4) is 5.75 Å². The Bertz CT molecular complexity index is 931. The summed E-state index contributed by atoms with van der Waals surface area (Å²) in [7, 11) is 1.68. The standard InChI is InChI=1S/C28H39NO3S/c1-27(2,3)26(30)29-25-17-24(33-19-21-8-12-23(31-6)13-9-21)14-11-22(25)10-7-20-15-16-32-28(4,5)18-20/h8-9,11-14,17,20H,7,10,15-16,18-19H2,1-6H3,(H,29,30). The number of hydrogen-bond donors (Lipinski definition) is 1. The highest BCUT2D eigenvalue weighted by molar-refractivity contribution is 7.98. The third-order valence-corrected chi connectivity index (χ3v) is 7.26. The summed E-state index contributed by atoms with van der Waals surface area (Å²) in [6.45, 7) is 11.1. The van der Waals surface area contributed by atoms with Gasteiger partial charge in [0.1, 0.15) is 5.75 Å². The fourth-order valence-corrected chi connectivity index (χ4v) is 5.03. The van der Waals surface area contributed by atoms with Gasteiger partial charge in [-0.1, -0.05) is 39.0 Å². The zero-order chi connectivity index (χ0) is 24.1. The Balaban J connectivity index is 1.71. The zero-order valence-corrected chi connectivity index (χ0v) is 21.8. The molecule has 0 spiro atoms. The SMILES string of the molecule is COc1ccc(CSc2ccc(CCC3CCOC(C)(C)C3)c(NC(=O)C(C)(C)C)c2)cc1. The van der Waals surface area contributed by atoms with E-state index in [1.165, 1.54) is 11.1 Å². The lowest BCUT2D eigenvalue weighted by Crippen LogP contribution is -2.34. The maximum atomic E-state index is 12.8. The number of carbonyl (C=O) groups is 1. The first-order chi connectivity index (χ1) is 15.6. The molecular formula is C28H39NO3S. The van der Waals surface area contributed by atoms with Crippen molar-refractivity contribution in [3.63, 3.8) is 0 Å². The smallest absolute Gasteiger partial charge is 0.229 e. The van der Waals surface area contributed by atoms with Crippen molar-refractivity contribution in [2.45, 2.75) is 76.6 Å². The van der Waals surface area contributed by atoms with Gasteiger partial charge >= 0.3 is 0 Å². The van der Waals surface area contributed by atoms with Gasteiger partial charge in [0.2, 0.25) is 5.91 Å². The van der Waals surface area contributed by atoms with E-state index in [0.29, 0.717) is 5.92 Å². The number of rotatable bonds is 8. The van der Waals surface area contributed by atoms with Crippen LogP contribution in [0.15, 0.2) is 47.4 Å². The van der Waals surface area contributed by atoms with E-state index in [0.717, 1.165) is 54.4 Å². The van der Waals surface area contributed by atoms with Crippen LogP contribution in [0.1, 0.15) is 65.0 Å². The number of anilines is 1. The highest BCUT2D eigenvalue weighted by Crippen LogP contribution is 2.34. The first-order valence-electron chi connectivity index (χ1n) is 11.9. The molecule has 1 saturated heterocycles. The molecule has 180 valence electrons. The van der Waals surface area contributed by atoms with Crippen molar-refractivity contribution >= 4 is 23.4 Å². The van der Waals surface area contributed by atoms with Crippen molar-refractivity contribution in [1.29, 1.82) is 0 Å². The van der Waals surface area contributed by atoms with Gasteiger partial charge in [-0.05, 0) is 80.8 Å². The average molecular weight is 470 g/mol. The first-order valence-corrected chi connectivity index (χ1v) is 12.9. The zero-order valence-electron chi connectivity index (χ0n) is 21.0. The highest BCUT2D eigenvalue weighted by atomic mass is 32.2. The second kappa shape index (κ2) is 11.0. The molecule has 1 fully saturated rings. The molecule has 0 bridgehead atoms. The molecule has 0 aliphatic carbocycles. The van der Waals surface area contributed by atoms with Gasteiger partial charge in [-0.15, -0.1) is 11.8 Å². The van der Waals surface area contributed by atoms with Crippen LogP contribution in [-0.4, -0.2) is 25.2 Å². The molecule has 2 aromatic rings. The fourth-order valence-electron chi connectivity index (χ4n) is 4.14. The van der Waals surface area contributed by atoms with E-state index < -0.39 is 5.41 Å². The van der Waals surface area contributed by atoms with Crippen molar-refractivity contribution < 1.29 is 14.3 Å². The summed E-state index contributed by atoms with van der Waals surface area (Å²) in [5.41, 5.74) is 2.93. The molecule has 1 aliphatic heterocycles. The number of aryl methyl sites for hydroxylation is 1. The lowest BCUT2D eigenvalue weighted by molar-refractivity contribution is -0.123. The average Bonchev–Trinajstić information content (AvgIpc) is 2.76. The van der Waals surface area contributed by atoms with Gasteiger partial charge in [-0.25, -0.2) is 0 Å². The lowest BCUT2D eigenvalue weighted by atomic mass is 9.84. The summed E-state index contributed by atoms with van der Waals surface area (Å²) in [6.07, 6.45) is 4.28. The number of carbonyl (C=O) groups excluding carboxylic acids is 1. The summed E-state index contributed by atoms with van der Waals surface area (Å²) >= 11 is 1.78. The van der Waals surface area contributed by atoms with Crippen LogP contribution in [0.3, 0.4) is 0 Å². The second-order valence-electron chi connectivity index (χ2n) is 10.7. The number of nitrogens with one attached hydrogen (secondary N) is 1. The molecule has 0 saturated carbocycles. The van der Waals surface area contributed by atoms with Gasteiger partial charge in [-0.2, -0.15) is 0 Å². The Morgan fingerprint density at radius 3 is 2.55 bits per heavy atom. The third kappa shape index (κ3) is 7.79. The topological polar surface area (TPSA) is 47.6 Å². The van der Waals surface area contributed by atoms with Crippen LogP contribution in [0.25, 0.3) is 0 Å². The molecule has 4 nitrogen and oxygen atoms in total. The van der Waals surface area contributed by atoms with Crippen LogP contribution in [0.2, 0.25) is 0 Å². The molecule has 3 rings (SSSR count). The quantitative estimate of drug-likeness (QED) is 0.419. The molecule has 1 amide bonds. The Labute approximate surface area is 203 Å². The van der Waals surface area contributed by atoms with Crippen LogP contribution in [0.5, 0.6) is 5.75 Å². The second-order valence-corrected chi connectivity index (χ2v) is 11.7. The molecular weight excluding hydrogens is 430 g/mol. The van der Waals surface area contributed by atoms with E-state index in [-0.39, 0.29) is 11.5 Å². The van der Waals surface area contributed by atoms with E-state index in [1.54, 1.807) is 18.9 Å². The first kappa shape index (κ1) is 25.6. The third-order valence-electron chi connectivity index (χ3n) is 6.20. The number of benzene rings is 2. The molecule has 33 heavy (non-hydrogen) atoms. The predicted molar refractivity (Wildman–Crippen MR) is 138 cm³/mol. The minimum absolute atomic E-state index is 0.0336. The fraction of sp³-hybridized carbons (Fsp3) is 0.536. The summed E-state index contributed by atoms with van der Waals surface area (Å²) in [4.78, 5) is 13.9.